The fourth-order valence-electron chi connectivity index (χ4n) is 2.32. The lowest BCUT2D eigenvalue weighted by Gasteiger charge is -2.07. The highest BCUT2D eigenvalue weighted by Crippen LogP contribution is 2.26. The maximum absolute atomic E-state index is 9.05. The number of aliphatic hydroxyl groups is 1. The fourth-order valence-corrected chi connectivity index (χ4v) is 2.32. The van der Waals surface area contributed by atoms with Crippen LogP contribution in [0, 0.1) is 13.8 Å². The number of anilines is 2. The largest absolute Gasteiger partial charge is 0.394 e. The van der Waals surface area contributed by atoms with Gasteiger partial charge in [0.25, 0.3) is 0 Å². The summed E-state index contributed by atoms with van der Waals surface area (Å²) in [6.45, 7) is 4.37. The molecule has 0 spiro atoms. The predicted octanol–water partition coefficient (Wildman–Crippen LogP) is 0.913. The lowest BCUT2D eigenvalue weighted by atomic mass is 10.3. The van der Waals surface area contributed by atoms with Crippen molar-refractivity contribution < 1.29 is 5.11 Å². The molecule has 8 nitrogen and oxygen atoms in total. The Kier molecular flexibility index (Phi) is 3.30. The lowest BCUT2D eigenvalue weighted by molar-refractivity contribution is 0.271. The van der Waals surface area contributed by atoms with Crippen LogP contribution in [-0.2, 0) is 13.6 Å². The van der Waals surface area contributed by atoms with Crippen LogP contribution >= 0.6 is 0 Å². The molecule has 2 N–H and O–H groups in total. The zero-order valence-electron chi connectivity index (χ0n) is 12.2. The number of aryl methyl sites for hydroxylation is 2. The normalized spacial score (nSPS) is 11.2. The molecule has 0 unspecified atom stereocenters. The molecule has 3 heterocycles. The molecule has 21 heavy (non-hydrogen) atoms. The van der Waals surface area contributed by atoms with Gasteiger partial charge in [0, 0.05) is 7.05 Å². The first-order valence-corrected chi connectivity index (χ1v) is 6.66. The second-order valence-corrected chi connectivity index (χ2v) is 4.85. The summed E-state index contributed by atoms with van der Waals surface area (Å²) in [4.78, 5) is 8.52. The first-order chi connectivity index (χ1) is 10.1. The molecule has 0 aliphatic heterocycles. The predicted molar refractivity (Wildman–Crippen MR) is 78.4 cm³/mol. The van der Waals surface area contributed by atoms with Crippen LogP contribution in [0.5, 0.6) is 0 Å². The maximum Gasteiger partial charge on any atom is 0.163 e. The van der Waals surface area contributed by atoms with Crippen molar-refractivity contribution in [3.05, 3.63) is 23.9 Å². The van der Waals surface area contributed by atoms with Gasteiger partial charge in [-0.05, 0) is 13.8 Å². The van der Waals surface area contributed by atoms with E-state index < -0.39 is 0 Å². The van der Waals surface area contributed by atoms with Crippen molar-refractivity contribution in [3.8, 4) is 0 Å². The quantitative estimate of drug-likeness (QED) is 0.741. The minimum absolute atomic E-state index is 0.0182. The zero-order chi connectivity index (χ0) is 15.0. The highest BCUT2D eigenvalue weighted by atomic mass is 16.3. The van der Waals surface area contributed by atoms with Crippen LogP contribution < -0.4 is 5.32 Å². The monoisotopic (exact) mass is 287 g/mol. The Labute approximate surface area is 121 Å². The molecule has 0 amide bonds. The Bertz CT molecular complexity index is 789. The Morgan fingerprint density at radius 3 is 2.76 bits per heavy atom. The third kappa shape index (κ3) is 2.23. The summed E-state index contributed by atoms with van der Waals surface area (Å²) in [5.74, 6) is 0.684. The number of nitrogens with one attached hydrogen (secondary N) is 1. The summed E-state index contributed by atoms with van der Waals surface area (Å²) in [7, 11) is 1.91. The van der Waals surface area contributed by atoms with Crippen LogP contribution in [0.4, 0.5) is 11.5 Å². The first-order valence-electron chi connectivity index (χ1n) is 6.66. The van der Waals surface area contributed by atoms with E-state index in [1.165, 1.54) is 6.33 Å². The van der Waals surface area contributed by atoms with Crippen molar-refractivity contribution in [2.24, 2.45) is 7.05 Å². The summed E-state index contributed by atoms with van der Waals surface area (Å²) in [6.07, 6.45) is 3.19. The van der Waals surface area contributed by atoms with Crippen LogP contribution in [0.15, 0.2) is 12.5 Å². The van der Waals surface area contributed by atoms with Crippen molar-refractivity contribution in [1.29, 1.82) is 0 Å². The van der Waals surface area contributed by atoms with Crippen LogP contribution in [0.1, 0.15) is 11.4 Å². The summed E-state index contributed by atoms with van der Waals surface area (Å²) in [5.41, 5.74) is 3.57. The van der Waals surface area contributed by atoms with Crippen molar-refractivity contribution in [2.75, 3.05) is 11.9 Å². The van der Waals surface area contributed by atoms with Gasteiger partial charge < -0.3 is 10.4 Å². The number of rotatable bonds is 4. The van der Waals surface area contributed by atoms with E-state index in [1.807, 2.05) is 25.6 Å². The second-order valence-electron chi connectivity index (χ2n) is 4.85. The van der Waals surface area contributed by atoms with Crippen molar-refractivity contribution in [3.63, 3.8) is 0 Å². The van der Waals surface area contributed by atoms with Crippen molar-refractivity contribution >= 4 is 22.5 Å². The Morgan fingerprint density at radius 2 is 2.10 bits per heavy atom. The molecule has 3 aromatic rings. The minimum atomic E-state index is 0.0182. The number of nitrogens with zero attached hydrogens (tertiary/aromatic N) is 6. The van der Waals surface area contributed by atoms with Crippen molar-refractivity contribution in [2.45, 2.75) is 20.4 Å². The second kappa shape index (κ2) is 5.13. The number of hydrogen-bond donors (Lipinski definition) is 2. The molecule has 110 valence electrons. The number of aromatic nitrogens is 6. The minimum Gasteiger partial charge on any atom is -0.394 e. The van der Waals surface area contributed by atoms with E-state index in [0.717, 1.165) is 22.5 Å². The van der Waals surface area contributed by atoms with E-state index >= 15 is 0 Å². The van der Waals surface area contributed by atoms with E-state index in [0.29, 0.717) is 18.0 Å². The average Bonchev–Trinajstić information content (AvgIpc) is 2.97. The highest BCUT2D eigenvalue weighted by Gasteiger charge is 2.14. The van der Waals surface area contributed by atoms with Crippen LogP contribution in [0.25, 0.3) is 11.0 Å². The molecular formula is C13H17N7O. The molecule has 0 saturated heterocycles. The Balaban J connectivity index is 2.05. The van der Waals surface area contributed by atoms with Crippen LogP contribution in [-0.4, -0.2) is 41.2 Å². The van der Waals surface area contributed by atoms with Crippen molar-refractivity contribution in [1.82, 2.24) is 29.5 Å². The Morgan fingerprint density at radius 1 is 1.29 bits per heavy atom. The topological polar surface area (TPSA) is 93.7 Å². The molecule has 0 bridgehead atoms. The molecule has 3 aromatic heterocycles. The summed E-state index contributed by atoms with van der Waals surface area (Å²) in [5, 5.41) is 21.8. The zero-order valence-corrected chi connectivity index (χ0v) is 12.2. The molecule has 0 saturated carbocycles. The molecule has 0 aliphatic rings. The maximum atomic E-state index is 9.05. The summed E-state index contributed by atoms with van der Waals surface area (Å²) < 4.78 is 3.48. The average molecular weight is 287 g/mol. The van der Waals surface area contributed by atoms with Gasteiger partial charge >= 0.3 is 0 Å². The van der Waals surface area contributed by atoms with Gasteiger partial charge in [0.15, 0.2) is 5.65 Å². The van der Waals surface area contributed by atoms with Gasteiger partial charge in [0.1, 0.15) is 12.1 Å². The molecule has 0 aliphatic carbocycles. The van der Waals surface area contributed by atoms with Crippen LogP contribution in [0.3, 0.4) is 0 Å². The molecular weight excluding hydrogens is 270 g/mol. The van der Waals surface area contributed by atoms with Gasteiger partial charge in [-0.2, -0.15) is 10.2 Å². The molecule has 3 rings (SSSR count). The van der Waals surface area contributed by atoms with Gasteiger partial charge in [-0.15, -0.1) is 0 Å². The lowest BCUT2D eigenvalue weighted by Crippen LogP contribution is -2.05. The van der Waals surface area contributed by atoms with E-state index in [1.54, 1.807) is 10.9 Å². The smallest absolute Gasteiger partial charge is 0.163 e. The van der Waals surface area contributed by atoms with E-state index in [2.05, 4.69) is 25.5 Å². The third-order valence-corrected chi connectivity index (χ3v) is 3.50. The Hall–Kier alpha value is -2.48. The number of fused-ring (bicyclic) bond motifs is 1. The highest BCUT2D eigenvalue weighted by molar-refractivity contribution is 5.88. The molecule has 0 radical (unpaired) electrons. The van der Waals surface area contributed by atoms with Crippen LogP contribution in [0.2, 0.25) is 0 Å². The SMILES string of the molecule is Cc1nn(C)c(C)c1Nc1ncnc2c1cnn2CCO. The number of hydrogen-bond acceptors (Lipinski definition) is 6. The first kappa shape index (κ1) is 13.5. The van der Waals surface area contributed by atoms with Gasteiger partial charge in [-0.1, -0.05) is 0 Å². The molecule has 0 atom stereocenters. The third-order valence-electron chi connectivity index (χ3n) is 3.50. The summed E-state index contributed by atoms with van der Waals surface area (Å²) in [6, 6.07) is 0. The van der Waals surface area contributed by atoms with Gasteiger partial charge in [0.2, 0.25) is 0 Å². The van der Waals surface area contributed by atoms with Gasteiger partial charge in [-0.25, -0.2) is 14.6 Å². The summed E-state index contributed by atoms with van der Waals surface area (Å²) >= 11 is 0. The molecule has 0 aromatic carbocycles. The van der Waals surface area contributed by atoms with Gasteiger partial charge in [0.05, 0.1) is 41.8 Å². The fraction of sp³-hybridized carbons (Fsp3) is 0.385. The van der Waals surface area contributed by atoms with E-state index in [9.17, 15) is 0 Å². The molecule has 0 fully saturated rings. The van der Waals surface area contributed by atoms with E-state index in [-0.39, 0.29) is 6.61 Å². The standard InChI is InChI=1S/C13H17N7O/c1-8-11(9(2)19(3)18-8)17-12-10-6-16-20(4-5-21)13(10)15-7-14-12/h6-7,21H,4-5H2,1-3H3,(H,14,15,17). The van der Waals surface area contributed by atoms with E-state index in [4.69, 9.17) is 5.11 Å². The molecule has 8 heteroatoms. The number of aliphatic hydroxyl groups excluding tert-OH is 1. The van der Waals surface area contributed by atoms with Gasteiger partial charge in [-0.3, -0.25) is 4.68 Å².